The molecule has 2 heteroatoms. The van der Waals surface area contributed by atoms with Gasteiger partial charge in [-0.25, -0.2) is 0 Å². The molecule has 0 radical (unpaired) electrons. The molecule has 2 fully saturated rings. The molecular formula is C23H46N2. The Balaban J connectivity index is 2.23. The van der Waals surface area contributed by atoms with Gasteiger partial charge in [-0.05, 0) is 70.6 Å². The highest BCUT2D eigenvalue weighted by molar-refractivity contribution is 5.05. The minimum Gasteiger partial charge on any atom is -0.309 e. The lowest BCUT2D eigenvalue weighted by Gasteiger charge is -2.52. The third kappa shape index (κ3) is 5.96. The molecule has 2 rings (SSSR count). The summed E-state index contributed by atoms with van der Waals surface area (Å²) in [6.07, 6.45) is 14.9. The first-order chi connectivity index (χ1) is 11.8. The molecule has 0 aliphatic heterocycles. The highest BCUT2D eigenvalue weighted by Crippen LogP contribution is 2.44. The highest BCUT2D eigenvalue weighted by Gasteiger charge is 2.45. The van der Waals surface area contributed by atoms with E-state index >= 15 is 0 Å². The number of nitrogens with one attached hydrogen (secondary N) is 2. The van der Waals surface area contributed by atoms with Crippen molar-refractivity contribution >= 4 is 0 Å². The average molecular weight is 351 g/mol. The van der Waals surface area contributed by atoms with Crippen LogP contribution in [-0.2, 0) is 0 Å². The third-order valence-electron chi connectivity index (χ3n) is 7.19. The van der Waals surface area contributed by atoms with E-state index in [9.17, 15) is 0 Å². The first kappa shape index (κ1) is 21.2. The number of hydrogen-bond acceptors (Lipinski definition) is 2. The monoisotopic (exact) mass is 350 g/mol. The zero-order valence-corrected chi connectivity index (χ0v) is 18.1. The summed E-state index contributed by atoms with van der Waals surface area (Å²) in [4.78, 5) is 0. The largest absolute Gasteiger partial charge is 0.309 e. The van der Waals surface area contributed by atoms with E-state index in [1.165, 1.54) is 70.6 Å². The second kappa shape index (κ2) is 9.22. The van der Waals surface area contributed by atoms with Gasteiger partial charge in [0.2, 0.25) is 0 Å². The van der Waals surface area contributed by atoms with Crippen LogP contribution in [-0.4, -0.2) is 23.2 Å². The van der Waals surface area contributed by atoms with Crippen LogP contribution >= 0.6 is 0 Å². The van der Waals surface area contributed by atoms with Crippen LogP contribution < -0.4 is 10.6 Å². The Morgan fingerprint density at radius 2 is 1.20 bits per heavy atom. The van der Waals surface area contributed by atoms with E-state index in [4.69, 9.17) is 0 Å². The highest BCUT2D eigenvalue weighted by atomic mass is 15.1. The molecule has 148 valence electrons. The van der Waals surface area contributed by atoms with Gasteiger partial charge in [0, 0.05) is 23.2 Å². The Labute approximate surface area is 158 Å². The molecule has 0 aromatic carbocycles. The second-order valence-electron chi connectivity index (χ2n) is 10.0. The third-order valence-corrected chi connectivity index (χ3v) is 7.19. The maximum absolute atomic E-state index is 4.15. The zero-order valence-electron chi connectivity index (χ0n) is 18.1. The van der Waals surface area contributed by atoms with Crippen LogP contribution in [0.4, 0.5) is 0 Å². The van der Waals surface area contributed by atoms with Crippen molar-refractivity contribution in [3.63, 3.8) is 0 Å². The molecule has 6 unspecified atom stereocenters. The van der Waals surface area contributed by atoms with Crippen LogP contribution in [0.25, 0.3) is 0 Å². The molecule has 0 saturated heterocycles. The molecule has 0 bridgehead atoms. The maximum Gasteiger partial charge on any atom is 0.0204 e. The normalized spacial score (nSPS) is 39.1. The van der Waals surface area contributed by atoms with Gasteiger partial charge in [0.15, 0.2) is 0 Å². The van der Waals surface area contributed by atoms with E-state index in [1.54, 1.807) is 0 Å². The minimum atomic E-state index is 0.352. The summed E-state index contributed by atoms with van der Waals surface area (Å²) in [6, 6.07) is 1.26. The van der Waals surface area contributed by atoms with E-state index < -0.39 is 0 Å². The topological polar surface area (TPSA) is 24.1 Å². The fraction of sp³-hybridized carbons (Fsp3) is 1.00. The molecule has 0 spiro atoms. The first-order valence-corrected chi connectivity index (χ1v) is 11.4. The molecule has 0 heterocycles. The summed E-state index contributed by atoms with van der Waals surface area (Å²) in [6.45, 7) is 14.4. The van der Waals surface area contributed by atoms with Gasteiger partial charge >= 0.3 is 0 Å². The Morgan fingerprint density at radius 1 is 0.800 bits per heavy atom. The molecule has 2 saturated carbocycles. The van der Waals surface area contributed by atoms with Crippen LogP contribution in [0.15, 0.2) is 0 Å². The van der Waals surface area contributed by atoms with Crippen LogP contribution in [0, 0.1) is 11.8 Å². The van der Waals surface area contributed by atoms with Crippen molar-refractivity contribution in [2.45, 2.75) is 135 Å². The quantitative estimate of drug-likeness (QED) is 0.557. The van der Waals surface area contributed by atoms with Gasteiger partial charge < -0.3 is 10.6 Å². The van der Waals surface area contributed by atoms with Crippen molar-refractivity contribution in [1.82, 2.24) is 10.6 Å². The van der Waals surface area contributed by atoms with Crippen LogP contribution in [0.5, 0.6) is 0 Å². The lowest BCUT2D eigenvalue weighted by atomic mass is 9.64. The molecule has 0 aromatic heterocycles. The Kier molecular flexibility index (Phi) is 7.83. The molecule has 2 nitrogen and oxygen atoms in total. The summed E-state index contributed by atoms with van der Waals surface area (Å²) in [7, 11) is 0. The van der Waals surface area contributed by atoms with Gasteiger partial charge in [-0.2, -0.15) is 0 Å². The van der Waals surface area contributed by atoms with Crippen molar-refractivity contribution in [3.8, 4) is 0 Å². The van der Waals surface area contributed by atoms with Gasteiger partial charge in [0.1, 0.15) is 0 Å². The molecule has 25 heavy (non-hydrogen) atoms. The second-order valence-corrected chi connectivity index (χ2v) is 10.0. The van der Waals surface area contributed by atoms with Gasteiger partial charge in [0.05, 0.1) is 0 Å². The van der Waals surface area contributed by atoms with Gasteiger partial charge in [-0.15, -0.1) is 0 Å². The minimum absolute atomic E-state index is 0.352. The van der Waals surface area contributed by atoms with E-state index in [-0.39, 0.29) is 0 Å². The molecule has 6 atom stereocenters. The van der Waals surface area contributed by atoms with Crippen molar-refractivity contribution in [1.29, 1.82) is 0 Å². The Hall–Kier alpha value is -0.0800. The maximum atomic E-state index is 4.15. The summed E-state index contributed by atoms with van der Waals surface area (Å²) in [5, 5.41) is 8.30. The Bertz CT molecular complexity index is 360. The Morgan fingerprint density at radius 3 is 1.52 bits per heavy atom. The van der Waals surface area contributed by atoms with Crippen molar-refractivity contribution in [2.24, 2.45) is 11.8 Å². The SMILES string of the molecule is CCC(C)NC1(CC2(NC(C)CC)CCCC(C)C2)CCCC(C)C1. The van der Waals surface area contributed by atoms with Crippen molar-refractivity contribution in [3.05, 3.63) is 0 Å². The lowest BCUT2D eigenvalue weighted by molar-refractivity contribution is 0.0720. The van der Waals surface area contributed by atoms with Crippen LogP contribution in [0.2, 0.25) is 0 Å². The lowest BCUT2D eigenvalue weighted by Crippen LogP contribution is -2.61. The molecule has 2 aliphatic rings. The summed E-state index contributed by atoms with van der Waals surface area (Å²) in [5.41, 5.74) is 0.704. The standard InChI is InChI=1S/C23H46N2/c1-7-20(5)24-22(13-9-11-18(3)15-22)17-23(25-21(6)8-2)14-10-12-19(4)16-23/h18-21,24-25H,7-17H2,1-6H3. The van der Waals surface area contributed by atoms with Crippen LogP contribution in [0.1, 0.15) is 112 Å². The van der Waals surface area contributed by atoms with Crippen molar-refractivity contribution in [2.75, 3.05) is 0 Å². The molecule has 0 aromatic rings. The number of rotatable bonds is 8. The zero-order chi connectivity index (χ0) is 18.5. The fourth-order valence-corrected chi connectivity index (χ4v) is 5.90. The predicted molar refractivity (Wildman–Crippen MR) is 111 cm³/mol. The van der Waals surface area contributed by atoms with E-state index in [2.05, 4.69) is 52.2 Å². The van der Waals surface area contributed by atoms with E-state index in [0.717, 1.165) is 11.8 Å². The predicted octanol–water partition coefficient (Wildman–Crippen LogP) is 6.05. The van der Waals surface area contributed by atoms with E-state index in [0.29, 0.717) is 23.2 Å². The van der Waals surface area contributed by atoms with Crippen molar-refractivity contribution < 1.29 is 0 Å². The molecule has 0 amide bonds. The first-order valence-electron chi connectivity index (χ1n) is 11.4. The summed E-state index contributed by atoms with van der Waals surface area (Å²) in [5.74, 6) is 1.74. The van der Waals surface area contributed by atoms with Crippen LogP contribution in [0.3, 0.4) is 0 Å². The van der Waals surface area contributed by atoms with Gasteiger partial charge in [0.25, 0.3) is 0 Å². The number of hydrogen-bond donors (Lipinski definition) is 2. The molecule has 2 aliphatic carbocycles. The van der Waals surface area contributed by atoms with E-state index in [1.807, 2.05) is 0 Å². The van der Waals surface area contributed by atoms with Gasteiger partial charge in [-0.1, -0.05) is 53.4 Å². The summed E-state index contributed by atoms with van der Waals surface area (Å²) >= 11 is 0. The molecule has 2 N–H and O–H groups in total. The fourth-order valence-electron chi connectivity index (χ4n) is 5.90. The summed E-state index contributed by atoms with van der Waals surface area (Å²) < 4.78 is 0. The smallest absolute Gasteiger partial charge is 0.0204 e. The molecular weight excluding hydrogens is 304 g/mol. The average Bonchev–Trinajstić information content (AvgIpc) is 2.53. The van der Waals surface area contributed by atoms with Gasteiger partial charge in [-0.3, -0.25) is 0 Å².